The molecular formula is C18H26BNO5. The number of phenolic OH excluding ortho intramolecular Hbond substituents is 1. The monoisotopic (exact) mass is 347 g/mol. The normalized spacial score (nSPS) is 19.1. The van der Waals surface area contributed by atoms with Crippen molar-refractivity contribution in [2.75, 3.05) is 20.7 Å². The molecule has 1 saturated heterocycles. The summed E-state index contributed by atoms with van der Waals surface area (Å²) in [5, 5.41) is 13.5. The van der Waals surface area contributed by atoms with Gasteiger partial charge < -0.3 is 24.5 Å². The van der Waals surface area contributed by atoms with Gasteiger partial charge in [0, 0.05) is 17.7 Å². The van der Waals surface area contributed by atoms with E-state index in [2.05, 4.69) is 5.32 Å². The molecule has 0 atom stereocenters. The number of hydrogen-bond donors (Lipinski definition) is 2. The number of nitrogens with one attached hydrogen (secondary N) is 1. The Labute approximate surface area is 149 Å². The molecule has 0 saturated carbocycles. The molecule has 1 aromatic rings. The largest absolute Gasteiger partial charge is 0.504 e. The highest BCUT2D eigenvalue weighted by molar-refractivity contribution is 6.56. The molecule has 0 unspecified atom stereocenters. The van der Waals surface area contributed by atoms with E-state index in [9.17, 15) is 9.90 Å². The Hall–Kier alpha value is -1.83. The number of aromatic hydroxyl groups is 1. The lowest BCUT2D eigenvalue weighted by Crippen LogP contribution is -2.41. The highest BCUT2D eigenvalue weighted by Gasteiger charge is 2.52. The molecule has 0 amide bonds. The molecule has 136 valence electrons. The second-order valence-corrected chi connectivity index (χ2v) is 7.08. The van der Waals surface area contributed by atoms with Crippen LogP contribution in [0.15, 0.2) is 17.6 Å². The first-order chi connectivity index (χ1) is 11.7. The molecule has 1 aliphatic heterocycles. The Morgan fingerprint density at radius 3 is 2.36 bits per heavy atom. The van der Waals surface area contributed by atoms with Crippen molar-refractivity contribution in [3.63, 3.8) is 0 Å². The highest BCUT2D eigenvalue weighted by atomic mass is 16.7. The van der Waals surface area contributed by atoms with Gasteiger partial charge in [-0.25, -0.2) is 0 Å². The van der Waals surface area contributed by atoms with Gasteiger partial charge in [0.05, 0.1) is 18.3 Å². The maximum Gasteiger partial charge on any atom is 0.491 e. The minimum Gasteiger partial charge on any atom is -0.504 e. The number of rotatable bonds is 6. The summed E-state index contributed by atoms with van der Waals surface area (Å²) in [6.45, 7) is 8.38. The quantitative estimate of drug-likeness (QED) is 0.608. The van der Waals surface area contributed by atoms with Crippen LogP contribution in [0.1, 0.15) is 43.6 Å². The number of benzene rings is 1. The summed E-state index contributed by atoms with van der Waals surface area (Å²) >= 11 is 0. The summed E-state index contributed by atoms with van der Waals surface area (Å²) in [7, 11) is 2.69. The average molecular weight is 347 g/mol. The van der Waals surface area contributed by atoms with Gasteiger partial charge in [-0.2, -0.15) is 0 Å². The highest BCUT2D eigenvalue weighted by Crippen LogP contribution is 2.40. The number of hydrogen-bond acceptors (Lipinski definition) is 6. The van der Waals surface area contributed by atoms with Crippen LogP contribution in [0, 0.1) is 0 Å². The van der Waals surface area contributed by atoms with E-state index in [0.29, 0.717) is 29.7 Å². The molecule has 2 rings (SSSR count). The second kappa shape index (κ2) is 7.19. The molecule has 0 bridgehead atoms. The third-order valence-corrected chi connectivity index (χ3v) is 4.83. The van der Waals surface area contributed by atoms with Gasteiger partial charge in [0.2, 0.25) is 0 Å². The summed E-state index contributed by atoms with van der Waals surface area (Å²) < 4.78 is 17.3. The molecule has 0 aromatic heterocycles. The lowest BCUT2D eigenvalue weighted by Gasteiger charge is -2.32. The van der Waals surface area contributed by atoms with Crippen LogP contribution in [-0.2, 0) is 9.31 Å². The van der Waals surface area contributed by atoms with Crippen LogP contribution in [0.4, 0.5) is 0 Å². The Kier molecular flexibility index (Phi) is 5.61. The third-order valence-electron chi connectivity index (χ3n) is 4.83. The Bertz CT molecular complexity index is 668. The first kappa shape index (κ1) is 19.5. The van der Waals surface area contributed by atoms with Gasteiger partial charge in [-0.3, -0.25) is 4.79 Å². The fraction of sp³-hybridized carbons (Fsp3) is 0.500. The maximum absolute atomic E-state index is 11.4. The summed E-state index contributed by atoms with van der Waals surface area (Å²) in [5.74, 6) is 0.215. The molecule has 1 aromatic carbocycles. The number of ether oxygens (including phenoxy) is 1. The first-order valence-corrected chi connectivity index (χ1v) is 8.22. The van der Waals surface area contributed by atoms with Crippen molar-refractivity contribution in [2.24, 2.45) is 0 Å². The molecule has 6 nitrogen and oxygen atoms in total. The number of carbonyl (C=O) groups is 1. The van der Waals surface area contributed by atoms with Gasteiger partial charge in [0.25, 0.3) is 0 Å². The van der Waals surface area contributed by atoms with Crippen LogP contribution in [0.2, 0.25) is 0 Å². The molecule has 1 heterocycles. The van der Waals surface area contributed by atoms with Crippen molar-refractivity contribution in [3.05, 3.63) is 28.7 Å². The summed E-state index contributed by atoms with van der Waals surface area (Å²) in [4.78, 5) is 11.4. The predicted octanol–water partition coefficient (Wildman–Crippen LogP) is 2.45. The zero-order chi connectivity index (χ0) is 18.8. The lowest BCUT2D eigenvalue weighted by molar-refractivity contribution is 0.00578. The van der Waals surface area contributed by atoms with Gasteiger partial charge >= 0.3 is 7.12 Å². The van der Waals surface area contributed by atoms with Crippen molar-refractivity contribution < 1.29 is 23.9 Å². The van der Waals surface area contributed by atoms with Crippen LogP contribution in [-0.4, -0.2) is 50.4 Å². The van der Waals surface area contributed by atoms with Gasteiger partial charge in [-0.1, -0.05) is 6.08 Å². The predicted molar refractivity (Wildman–Crippen MR) is 98.0 cm³/mol. The summed E-state index contributed by atoms with van der Waals surface area (Å²) in [6, 6.07) is 3.17. The number of methoxy groups -OCH3 is 1. The number of phenols is 1. The number of aldehydes is 1. The first-order valence-electron chi connectivity index (χ1n) is 8.22. The van der Waals surface area contributed by atoms with E-state index in [4.69, 9.17) is 14.0 Å². The van der Waals surface area contributed by atoms with E-state index in [1.807, 2.05) is 34.7 Å². The van der Waals surface area contributed by atoms with Gasteiger partial charge in [-0.15, -0.1) is 0 Å². The SMILES string of the molecule is CNCC(=Cc1c(C=O)ccc(OC)c1O)B1OC(C)(C)C(C)(C)O1. The van der Waals surface area contributed by atoms with E-state index in [0.717, 1.165) is 5.47 Å². The van der Waals surface area contributed by atoms with E-state index in [-0.39, 0.29) is 5.75 Å². The van der Waals surface area contributed by atoms with E-state index >= 15 is 0 Å². The standard InChI is InChI=1S/C18H26BNO5/c1-17(2)18(3,4)25-19(24-17)13(10-20-5)9-14-12(11-21)7-8-15(23-6)16(14)22/h7-9,11,20,22H,10H2,1-6H3. The molecule has 0 radical (unpaired) electrons. The minimum absolute atomic E-state index is 0.0859. The van der Waals surface area contributed by atoms with Crippen LogP contribution in [0.3, 0.4) is 0 Å². The van der Waals surface area contributed by atoms with Crippen molar-refractivity contribution in [2.45, 2.75) is 38.9 Å². The van der Waals surface area contributed by atoms with E-state index in [1.165, 1.54) is 7.11 Å². The zero-order valence-corrected chi connectivity index (χ0v) is 15.7. The van der Waals surface area contributed by atoms with E-state index in [1.54, 1.807) is 18.2 Å². The zero-order valence-electron chi connectivity index (χ0n) is 15.7. The molecule has 2 N–H and O–H groups in total. The number of carbonyl (C=O) groups excluding carboxylic acids is 1. The second-order valence-electron chi connectivity index (χ2n) is 7.08. The smallest absolute Gasteiger partial charge is 0.491 e. The van der Waals surface area contributed by atoms with Crippen LogP contribution in [0.25, 0.3) is 6.08 Å². The third kappa shape index (κ3) is 3.73. The Balaban J connectivity index is 2.50. The molecule has 0 aliphatic carbocycles. The van der Waals surface area contributed by atoms with Crippen LogP contribution in [0.5, 0.6) is 11.5 Å². The van der Waals surface area contributed by atoms with Crippen LogP contribution < -0.4 is 10.1 Å². The van der Waals surface area contributed by atoms with Crippen molar-refractivity contribution in [1.82, 2.24) is 5.32 Å². The molecule has 25 heavy (non-hydrogen) atoms. The fourth-order valence-electron chi connectivity index (χ4n) is 2.61. The van der Waals surface area contributed by atoms with Crippen molar-refractivity contribution >= 4 is 19.5 Å². The molecule has 7 heteroatoms. The molecule has 0 spiro atoms. The van der Waals surface area contributed by atoms with Gasteiger partial charge in [0.1, 0.15) is 0 Å². The van der Waals surface area contributed by atoms with E-state index < -0.39 is 18.3 Å². The molecule has 1 aliphatic rings. The Morgan fingerprint density at radius 2 is 1.88 bits per heavy atom. The van der Waals surface area contributed by atoms with Crippen molar-refractivity contribution in [1.29, 1.82) is 0 Å². The summed E-state index contributed by atoms with van der Waals surface area (Å²) in [5.41, 5.74) is 0.563. The molecular weight excluding hydrogens is 321 g/mol. The maximum atomic E-state index is 11.4. The number of likely N-dealkylation sites (N-methyl/N-ethyl adjacent to an activating group) is 1. The van der Waals surface area contributed by atoms with Gasteiger partial charge in [-0.05, 0) is 52.3 Å². The lowest BCUT2D eigenvalue weighted by atomic mass is 9.76. The Morgan fingerprint density at radius 1 is 1.28 bits per heavy atom. The molecule has 1 fully saturated rings. The average Bonchev–Trinajstić information content (AvgIpc) is 2.76. The van der Waals surface area contributed by atoms with Crippen LogP contribution >= 0.6 is 0 Å². The summed E-state index contributed by atoms with van der Waals surface area (Å²) in [6.07, 6.45) is 2.42. The minimum atomic E-state index is -0.581. The van der Waals surface area contributed by atoms with Crippen molar-refractivity contribution in [3.8, 4) is 11.5 Å². The fourth-order valence-corrected chi connectivity index (χ4v) is 2.61. The van der Waals surface area contributed by atoms with Gasteiger partial charge in [0.15, 0.2) is 17.8 Å². The topological polar surface area (TPSA) is 77.0 Å².